The van der Waals surface area contributed by atoms with E-state index >= 15 is 0 Å². The molecular formula is C13H11IN2O4. The van der Waals surface area contributed by atoms with Gasteiger partial charge in [-0.1, -0.05) is 0 Å². The van der Waals surface area contributed by atoms with Crippen LogP contribution in [0, 0.1) is 27.5 Å². The van der Waals surface area contributed by atoms with Crippen LogP contribution in [-0.4, -0.2) is 10.8 Å². The highest BCUT2D eigenvalue weighted by Gasteiger charge is 2.17. The van der Waals surface area contributed by atoms with Crippen molar-refractivity contribution in [2.45, 2.75) is 13.8 Å². The number of nitrogens with one attached hydrogen (secondary N) is 1. The molecule has 1 heterocycles. The van der Waals surface area contributed by atoms with Gasteiger partial charge in [0.1, 0.15) is 4.92 Å². The molecule has 2 rings (SSSR count). The van der Waals surface area contributed by atoms with Gasteiger partial charge in [-0.25, -0.2) is 0 Å². The average molecular weight is 386 g/mol. The van der Waals surface area contributed by atoms with Crippen LogP contribution in [0.15, 0.2) is 28.7 Å². The lowest BCUT2D eigenvalue weighted by Crippen LogP contribution is -2.11. The molecule has 104 valence electrons. The molecule has 0 bridgehead atoms. The lowest BCUT2D eigenvalue weighted by molar-refractivity contribution is -0.402. The van der Waals surface area contributed by atoms with Gasteiger partial charge < -0.3 is 9.73 Å². The second kappa shape index (κ2) is 5.61. The van der Waals surface area contributed by atoms with Crippen LogP contribution in [0.1, 0.15) is 21.7 Å². The van der Waals surface area contributed by atoms with Gasteiger partial charge in [0, 0.05) is 9.26 Å². The Morgan fingerprint density at radius 3 is 2.40 bits per heavy atom. The lowest BCUT2D eigenvalue weighted by Gasteiger charge is -2.08. The number of amides is 1. The number of hydrogen-bond acceptors (Lipinski definition) is 4. The zero-order valence-electron chi connectivity index (χ0n) is 10.8. The van der Waals surface area contributed by atoms with E-state index in [1.54, 1.807) is 0 Å². The van der Waals surface area contributed by atoms with Crippen LogP contribution in [0.4, 0.5) is 11.6 Å². The van der Waals surface area contributed by atoms with Crippen LogP contribution in [0.25, 0.3) is 0 Å². The van der Waals surface area contributed by atoms with Gasteiger partial charge >= 0.3 is 5.88 Å². The van der Waals surface area contributed by atoms with E-state index in [9.17, 15) is 14.9 Å². The standard InChI is InChI=1S/C13H11IN2O4/c1-7-5-9(6-8(2)12(7)14)15-13(17)10-3-4-11(20-10)16(18)19/h3-6H,1-2H3,(H,15,17). The Bertz CT molecular complexity index is 670. The molecule has 7 heteroatoms. The van der Waals surface area contributed by atoms with Gasteiger partial charge in [0.15, 0.2) is 5.76 Å². The minimum absolute atomic E-state index is 0.0921. The van der Waals surface area contributed by atoms with Crippen molar-refractivity contribution < 1.29 is 14.1 Å². The summed E-state index contributed by atoms with van der Waals surface area (Å²) in [7, 11) is 0. The Morgan fingerprint density at radius 2 is 1.90 bits per heavy atom. The minimum atomic E-state index is -0.685. The Hall–Kier alpha value is -1.90. The summed E-state index contributed by atoms with van der Waals surface area (Å²) < 4.78 is 5.98. The van der Waals surface area contributed by atoms with Crippen molar-refractivity contribution in [3.8, 4) is 0 Å². The number of carbonyl (C=O) groups is 1. The number of furan rings is 1. The largest absolute Gasteiger partial charge is 0.433 e. The van der Waals surface area contributed by atoms with Gasteiger partial charge in [-0.2, -0.15) is 0 Å². The summed E-state index contributed by atoms with van der Waals surface area (Å²) >= 11 is 2.24. The Balaban J connectivity index is 2.21. The molecule has 0 saturated carbocycles. The summed E-state index contributed by atoms with van der Waals surface area (Å²) in [5, 5.41) is 13.2. The van der Waals surface area contributed by atoms with Gasteiger partial charge in [-0.3, -0.25) is 14.9 Å². The van der Waals surface area contributed by atoms with Crippen molar-refractivity contribution in [3.05, 3.63) is 54.8 Å². The van der Waals surface area contributed by atoms with E-state index in [0.717, 1.165) is 20.8 Å². The second-order valence-electron chi connectivity index (χ2n) is 4.27. The number of aryl methyl sites for hydroxylation is 2. The molecule has 0 unspecified atom stereocenters. The molecule has 1 N–H and O–H groups in total. The van der Waals surface area contributed by atoms with Gasteiger partial charge in [-0.15, -0.1) is 0 Å². The molecule has 0 aliphatic rings. The van der Waals surface area contributed by atoms with Crippen molar-refractivity contribution in [2.75, 3.05) is 5.32 Å². The first kappa shape index (κ1) is 14.5. The minimum Gasteiger partial charge on any atom is -0.395 e. The molecule has 0 saturated heterocycles. The molecule has 1 amide bonds. The summed E-state index contributed by atoms with van der Waals surface area (Å²) in [6.07, 6.45) is 0. The summed E-state index contributed by atoms with van der Waals surface area (Å²) in [6, 6.07) is 6.10. The average Bonchev–Trinajstić information content (AvgIpc) is 2.85. The van der Waals surface area contributed by atoms with Gasteiger partial charge in [0.2, 0.25) is 0 Å². The van der Waals surface area contributed by atoms with Crippen molar-refractivity contribution in [1.29, 1.82) is 0 Å². The molecule has 6 nitrogen and oxygen atoms in total. The van der Waals surface area contributed by atoms with E-state index < -0.39 is 16.7 Å². The summed E-state index contributed by atoms with van der Waals surface area (Å²) in [5.41, 5.74) is 2.72. The number of rotatable bonds is 3. The van der Waals surface area contributed by atoms with E-state index in [4.69, 9.17) is 4.42 Å². The van der Waals surface area contributed by atoms with E-state index in [1.165, 1.54) is 6.07 Å². The van der Waals surface area contributed by atoms with E-state index in [1.807, 2.05) is 26.0 Å². The fourth-order valence-corrected chi connectivity index (χ4v) is 2.07. The topological polar surface area (TPSA) is 85.4 Å². The molecule has 0 atom stereocenters. The predicted molar refractivity (Wildman–Crippen MR) is 81.9 cm³/mol. The van der Waals surface area contributed by atoms with Crippen molar-refractivity contribution >= 4 is 40.1 Å². The molecule has 1 aromatic heterocycles. The van der Waals surface area contributed by atoms with Crippen LogP contribution < -0.4 is 5.32 Å². The molecule has 0 radical (unpaired) electrons. The van der Waals surface area contributed by atoms with E-state index in [2.05, 4.69) is 27.9 Å². The summed E-state index contributed by atoms with van der Waals surface area (Å²) in [4.78, 5) is 21.7. The molecule has 1 aromatic carbocycles. The molecule has 20 heavy (non-hydrogen) atoms. The molecule has 0 spiro atoms. The molecule has 0 aliphatic heterocycles. The summed E-state index contributed by atoms with van der Waals surface area (Å²) in [5.74, 6) is -1.06. The zero-order chi connectivity index (χ0) is 14.9. The Labute approximate surface area is 128 Å². The van der Waals surface area contributed by atoms with Crippen molar-refractivity contribution in [2.24, 2.45) is 0 Å². The third-order valence-corrected chi connectivity index (χ3v) is 4.39. The highest BCUT2D eigenvalue weighted by atomic mass is 127. The smallest absolute Gasteiger partial charge is 0.395 e. The van der Waals surface area contributed by atoms with E-state index in [0.29, 0.717) is 5.69 Å². The molecule has 0 aliphatic carbocycles. The number of nitro groups is 1. The monoisotopic (exact) mass is 386 g/mol. The maximum Gasteiger partial charge on any atom is 0.433 e. The third-order valence-electron chi connectivity index (χ3n) is 2.69. The van der Waals surface area contributed by atoms with Gasteiger partial charge in [0.05, 0.1) is 6.07 Å². The van der Waals surface area contributed by atoms with Crippen molar-refractivity contribution in [3.63, 3.8) is 0 Å². The maximum absolute atomic E-state index is 11.9. The van der Waals surface area contributed by atoms with Crippen LogP contribution in [-0.2, 0) is 0 Å². The van der Waals surface area contributed by atoms with Crippen LogP contribution >= 0.6 is 22.6 Å². The normalized spacial score (nSPS) is 10.3. The van der Waals surface area contributed by atoms with E-state index in [-0.39, 0.29) is 5.76 Å². The van der Waals surface area contributed by atoms with Gasteiger partial charge in [0.25, 0.3) is 5.91 Å². The number of hydrogen-bond donors (Lipinski definition) is 1. The molecule has 0 fully saturated rings. The maximum atomic E-state index is 11.9. The second-order valence-corrected chi connectivity index (χ2v) is 5.35. The Kier molecular flexibility index (Phi) is 4.07. The van der Waals surface area contributed by atoms with Crippen molar-refractivity contribution in [1.82, 2.24) is 0 Å². The first-order valence-corrected chi connectivity index (χ1v) is 6.78. The number of carbonyl (C=O) groups excluding carboxylic acids is 1. The fraction of sp³-hybridized carbons (Fsp3) is 0.154. The Morgan fingerprint density at radius 1 is 1.30 bits per heavy atom. The highest BCUT2D eigenvalue weighted by molar-refractivity contribution is 14.1. The lowest BCUT2D eigenvalue weighted by atomic mass is 10.1. The molecular weight excluding hydrogens is 375 g/mol. The van der Waals surface area contributed by atoms with Crippen LogP contribution in [0.2, 0.25) is 0 Å². The number of nitrogens with zero attached hydrogens (tertiary/aromatic N) is 1. The zero-order valence-corrected chi connectivity index (χ0v) is 12.9. The SMILES string of the molecule is Cc1cc(NC(=O)c2ccc([N+](=O)[O-])o2)cc(C)c1I. The third kappa shape index (κ3) is 2.98. The summed E-state index contributed by atoms with van der Waals surface area (Å²) in [6.45, 7) is 3.89. The predicted octanol–water partition coefficient (Wildman–Crippen LogP) is 3.66. The van der Waals surface area contributed by atoms with Crippen LogP contribution in [0.5, 0.6) is 0 Å². The quantitative estimate of drug-likeness (QED) is 0.496. The highest BCUT2D eigenvalue weighted by Crippen LogP contribution is 2.23. The van der Waals surface area contributed by atoms with Gasteiger partial charge in [-0.05, 0) is 65.8 Å². The van der Waals surface area contributed by atoms with Crippen LogP contribution in [0.3, 0.4) is 0 Å². The first-order chi connectivity index (χ1) is 9.38. The number of benzene rings is 1. The first-order valence-electron chi connectivity index (χ1n) is 5.71. The fourth-order valence-electron chi connectivity index (χ4n) is 1.76. The number of halogens is 1. The molecule has 2 aromatic rings. The number of anilines is 1.